The molecule has 0 fully saturated rings. The van der Waals surface area contributed by atoms with Crippen LogP contribution in [-0.2, 0) is 10.9 Å². The first kappa shape index (κ1) is 15.6. The van der Waals surface area contributed by atoms with E-state index in [9.17, 15) is 13.2 Å². The minimum Gasteiger partial charge on any atom is -0.396 e. The number of halogens is 3. The van der Waals surface area contributed by atoms with Crippen molar-refractivity contribution < 1.29 is 17.9 Å². The number of hydrogen-bond acceptors (Lipinski definition) is 4. The van der Waals surface area contributed by atoms with Crippen molar-refractivity contribution in [3.8, 4) is 0 Å². The molecule has 1 aromatic rings. The fraction of sp³-hybridized carbons (Fsp3) is 0.583. The number of nitrogen functional groups attached to an aromatic ring is 1. The van der Waals surface area contributed by atoms with Gasteiger partial charge in [0.15, 0.2) is 0 Å². The second-order valence-corrected chi connectivity index (χ2v) is 4.05. The van der Waals surface area contributed by atoms with Crippen LogP contribution in [-0.4, -0.2) is 24.7 Å². The summed E-state index contributed by atoms with van der Waals surface area (Å²) in [6.07, 6.45) is -1.46. The van der Waals surface area contributed by atoms with Gasteiger partial charge in [-0.15, -0.1) is 0 Å². The van der Waals surface area contributed by atoms with Crippen molar-refractivity contribution in [2.75, 3.05) is 30.8 Å². The SMILES string of the molecule is CCCCOCCNc1cc(C(F)(F)F)ncc1N. The number of nitrogens with one attached hydrogen (secondary N) is 1. The summed E-state index contributed by atoms with van der Waals surface area (Å²) < 4.78 is 42.7. The van der Waals surface area contributed by atoms with Crippen LogP contribution in [0.5, 0.6) is 0 Å². The van der Waals surface area contributed by atoms with Crippen LogP contribution in [0.4, 0.5) is 24.5 Å². The summed E-state index contributed by atoms with van der Waals surface area (Å²) in [7, 11) is 0. The number of nitrogens with two attached hydrogens (primary N) is 1. The smallest absolute Gasteiger partial charge is 0.396 e. The fourth-order valence-electron chi connectivity index (χ4n) is 1.38. The van der Waals surface area contributed by atoms with E-state index in [0.29, 0.717) is 19.8 Å². The van der Waals surface area contributed by atoms with Crippen molar-refractivity contribution in [3.63, 3.8) is 0 Å². The Labute approximate surface area is 110 Å². The van der Waals surface area contributed by atoms with E-state index in [4.69, 9.17) is 10.5 Å². The second-order valence-electron chi connectivity index (χ2n) is 4.05. The van der Waals surface area contributed by atoms with Gasteiger partial charge in [-0.1, -0.05) is 13.3 Å². The van der Waals surface area contributed by atoms with Crippen molar-refractivity contribution in [2.45, 2.75) is 25.9 Å². The van der Waals surface area contributed by atoms with Crippen molar-refractivity contribution in [2.24, 2.45) is 0 Å². The Bertz CT molecular complexity index is 396. The topological polar surface area (TPSA) is 60.2 Å². The zero-order chi connectivity index (χ0) is 14.3. The molecule has 0 bridgehead atoms. The van der Waals surface area contributed by atoms with Gasteiger partial charge >= 0.3 is 6.18 Å². The highest BCUT2D eigenvalue weighted by atomic mass is 19.4. The summed E-state index contributed by atoms with van der Waals surface area (Å²) in [5.41, 5.74) is 5.01. The van der Waals surface area contributed by atoms with Crippen LogP contribution in [0.1, 0.15) is 25.5 Å². The zero-order valence-corrected chi connectivity index (χ0v) is 10.8. The lowest BCUT2D eigenvalue weighted by Gasteiger charge is -2.12. The molecule has 1 rings (SSSR count). The Hall–Kier alpha value is -1.50. The van der Waals surface area contributed by atoms with Crippen LogP contribution in [0, 0.1) is 0 Å². The number of nitrogens with zero attached hydrogens (tertiary/aromatic N) is 1. The van der Waals surface area contributed by atoms with Crippen LogP contribution in [0.25, 0.3) is 0 Å². The molecule has 0 amide bonds. The third-order valence-corrected chi connectivity index (χ3v) is 2.43. The van der Waals surface area contributed by atoms with E-state index in [1.807, 2.05) is 0 Å². The molecule has 7 heteroatoms. The Kier molecular flexibility index (Phi) is 5.88. The maximum atomic E-state index is 12.5. The molecule has 0 aliphatic heterocycles. The van der Waals surface area contributed by atoms with Crippen molar-refractivity contribution in [1.29, 1.82) is 0 Å². The van der Waals surface area contributed by atoms with Crippen LogP contribution < -0.4 is 11.1 Å². The predicted octanol–water partition coefficient (Wildman–Crippen LogP) is 2.91. The summed E-state index contributed by atoms with van der Waals surface area (Å²) >= 11 is 0. The largest absolute Gasteiger partial charge is 0.433 e. The average molecular weight is 277 g/mol. The molecular weight excluding hydrogens is 259 g/mol. The molecule has 0 aliphatic rings. The Balaban J connectivity index is 2.49. The van der Waals surface area contributed by atoms with Gasteiger partial charge in [0.05, 0.1) is 24.2 Å². The highest BCUT2D eigenvalue weighted by molar-refractivity contribution is 5.65. The van der Waals surface area contributed by atoms with E-state index in [1.165, 1.54) is 0 Å². The normalized spacial score (nSPS) is 11.6. The summed E-state index contributed by atoms with van der Waals surface area (Å²) in [4.78, 5) is 3.26. The monoisotopic (exact) mass is 277 g/mol. The lowest BCUT2D eigenvalue weighted by atomic mass is 10.2. The van der Waals surface area contributed by atoms with Gasteiger partial charge in [-0.25, -0.2) is 4.98 Å². The van der Waals surface area contributed by atoms with Gasteiger partial charge < -0.3 is 15.8 Å². The third-order valence-electron chi connectivity index (χ3n) is 2.43. The predicted molar refractivity (Wildman–Crippen MR) is 67.9 cm³/mol. The van der Waals surface area contributed by atoms with Gasteiger partial charge in [0.2, 0.25) is 0 Å². The van der Waals surface area contributed by atoms with Gasteiger partial charge in [0.25, 0.3) is 0 Å². The lowest BCUT2D eigenvalue weighted by molar-refractivity contribution is -0.141. The third kappa shape index (κ3) is 5.34. The van der Waals surface area contributed by atoms with Crippen LogP contribution in [0.3, 0.4) is 0 Å². The molecule has 0 unspecified atom stereocenters. The summed E-state index contributed by atoms with van der Waals surface area (Å²) in [5.74, 6) is 0. The lowest BCUT2D eigenvalue weighted by Crippen LogP contribution is -2.14. The number of hydrogen-bond donors (Lipinski definition) is 2. The van der Waals surface area contributed by atoms with E-state index >= 15 is 0 Å². The zero-order valence-electron chi connectivity index (χ0n) is 10.8. The van der Waals surface area contributed by atoms with Crippen LogP contribution in [0.15, 0.2) is 12.3 Å². The molecule has 0 saturated heterocycles. The molecule has 0 atom stereocenters. The number of unbranched alkanes of at least 4 members (excludes halogenated alkanes) is 1. The van der Waals surface area contributed by atoms with E-state index in [0.717, 1.165) is 25.1 Å². The first-order chi connectivity index (χ1) is 8.95. The molecule has 19 heavy (non-hydrogen) atoms. The number of aromatic nitrogens is 1. The maximum Gasteiger partial charge on any atom is 0.433 e. The Morgan fingerprint density at radius 3 is 2.74 bits per heavy atom. The van der Waals surface area contributed by atoms with Gasteiger partial charge in [-0.3, -0.25) is 0 Å². The quantitative estimate of drug-likeness (QED) is 0.752. The number of anilines is 2. The van der Waals surface area contributed by atoms with Crippen molar-refractivity contribution >= 4 is 11.4 Å². The average Bonchev–Trinajstić information content (AvgIpc) is 2.34. The molecule has 0 radical (unpaired) electrons. The minimum atomic E-state index is -4.47. The number of ether oxygens (including phenoxy) is 1. The van der Waals surface area contributed by atoms with Crippen LogP contribution >= 0.6 is 0 Å². The molecule has 108 valence electrons. The van der Waals surface area contributed by atoms with Crippen LogP contribution in [0.2, 0.25) is 0 Å². The van der Waals surface area contributed by atoms with E-state index < -0.39 is 11.9 Å². The highest BCUT2D eigenvalue weighted by Gasteiger charge is 2.32. The number of alkyl halides is 3. The molecular formula is C12H18F3N3O. The van der Waals surface area contributed by atoms with E-state index in [1.54, 1.807) is 0 Å². The Morgan fingerprint density at radius 2 is 2.11 bits per heavy atom. The number of rotatable bonds is 7. The number of pyridine rings is 1. The van der Waals surface area contributed by atoms with Crippen molar-refractivity contribution in [1.82, 2.24) is 4.98 Å². The molecule has 3 N–H and O–H groups in total. The molecule has 0 aliphatic carbocycles. The maximum absolute atomic E-state index is 12.5. The molecule has 1 aromatic heterocycles. The second kappa shape index (κ2) is 7.18. The Morgan fingerprint density at radius 1 is 1.37 bits per heavy atom. The first-order valence-corrected chi connectivity index (χ1v) is 6.09. The van der Waals surface area contributed by atoms with Gasteiger partial charge in [0.1, 0.15) is 5.69 Å². The van der Waals surface area contributed by atoms with E-state index in [-0.39, 0.29) is 11.4 Å². The van der Waals surface area contributed by atoms with Crippen molar-refractivity contribution in [3.05, 3.63) is 18.0 Å². The first-order valence-electron chi connectivity index (χ1n) is 6.09. The van der Waals surface area contributed by atoms with Gasteiger partial charge in [0, 0.05) is 13.2 Å². The molecule has 0 saturated carbocycles. The highest BCUT2D eigenvalue weighted by Crippen LogP contribution is 2.30. The summed E-state index contributed by atoms with van der Waals surface area (Å²) in [6, 6.07) is 0.904. The molecule has 0 spiro atoms. The fourth-order valence-corrected chi connectivity index (χ4v) is 1.38. The van der Waals surface area contributed by atoms with Gasteiger partial charge in [-0.05, 0) is 12.5 Å². The standard InChI is InChI=1S/C12H18F3N3O/c1-2-3-5-19-6-4-17-10-7-11(12(13,14)15)18-8-9(10)16/h7-8H,2-6,16H2,1H3,(H,17,18). The molecule has 1 heterocycles. The molecule has 4 nitrogen and oxygen atoms in total. The summed E-state index contributed by atoms with van der Waals surface area (Å²) in [5, 5.41) is 2.81. The summed E-state index contributed by atoms with van der Waals surface area (Å²) in [6.45, 7) is 3.52. The molecule has 0 aromatic carbocycles. The van der Waals surface area contributed by atoms with E-state index in [2.05, 4.69) is 17.2 Å². The minimum absolute atomic E-state index is 0.182. The van der Waals surface area contributed by atoms with Gasteiger partial charge in [-0.2, -0.15) is 13.2 Å².